The van der Waals surface area contributed by atoms with E-state index in [2.05, 4.69) is 12.2 Å². The Bertz CT molecular complexity index is 375. The molecule has 0 saturated carbocycles. The first-order valence-electron chi connectivity index (χ1n) is 6.67. The number of alkyl halides is 1. The van der Waals surface area contributed by atoms with Crippen molar-refractivity contribution in [3.05, 3.63) is 17.7 Å². The Balaban J connectivity index is 2.07. The van der Waals surface area contributed by atoms with Crippen LogP contribution in [0.5, 0.6) is 17.2 Å². The largest absolute Gasteiger partial charge is 0.493 e. The van der Waals surface area contributed by atoms with Gasteiger partial charge < -0.3 is 19.5 Å². The summed E-state index contributed by atoms with van der Waals surface area (Å²) in [5.41, 5.74) is 1.01. The molecule has 19 heavy (non-hydrogen) atoms. The van der Waals surface area contributed by atoms with Crippen LogP contribution in [0.3, 0.4) is 0 Å². The molecule has 106 valence electrons. The lowest BCUT2D eigenvalue weighted by atomic mass is 10.1. The predicted molar refractivity (Wildman–Crippen MR) is 70.6 cm³/mol. The van der Waals surface area contributed by atoms with Gasteiger partial charge in [-0.2, -0.15) is 0 Å². The highest BCUT2D eigenvalue weighted by Crippen LogP contribution is 2.38. The summed E-state index contributed by atoms with van der Waals surface area (Å²) in [6.07, 6.45) is 1.47. The van der Waals surface area contributed by atoms with E-state index < -0.39 is 0 Å². The molecule has 1 aromatic carbocycles. The minimum absolute atomic E-state index is 0.241. The van der Waals surface area contributed by atoms with Crippen molar-refractivity contribution in [3.63, 3.8) is 0 Å². The normalized spacial score (nSPS) is 12.7. The molecule has 1 aromatic rings. The lowest BCUT2D eigenvalue weighted by Gasteiger charge is -2.12. The number of hydrogen-bond acceptors (Lipinski definition) is 4. The zero-order valence-electron chi connectivity index (χ0n) is 11.2. The molecule has 1 heterocycles. The third-order valence-electron chi connectivity index (χ3n) is 2.83. The molecule has 0 saturated heterocycles. The Labute approximate surface area is 112 Å². The maximum Gasteiger partial charge on any atom is 0.231 e. The molecule has 0 amide bonds. The van der Waals surface area contributed by atoms with Crippen LogP contribution in [0.15, 0.2) is 12.1 Å². The summed E-state index contributed by atoms with van der Waals surface area (Å²) in [4.78, 5) is 0. The standard InChI is InChI=1S/C14H20FNO3/c1-2-5-16-9-11-7-13-14(19-10-18-13)8-12(11)17-6-3-4-15/h7-8,16H,2-6,9-10H2,1H3. The molecule has 0 unspecified atom stereocenters. The minimum atomic E-state index is -0.367. The summed E-state index contributed by atoms with van der Waals surface area (Å²) < 4.78 is 28.4. The van der Waals surface area contributed by atoms with Crippen molar-refractivity contribution in [2.45, 2.75) is 26.3 Å². The highest BCUT2D eigenvalue weighted by molar-refractivity contribution is 5.51. The second-order valence-corrected chi connectivity index (χ2v) is 4.38. The molecule has 0 aromatic heterocycles. The molecule has 0 atom stereocenters. The number of halogens is 1. The molecule has 2 rings (SSSR count). The van der Waals surface area contributed by atoms with Crippen LogP contribution >= 0.6 is 0 Å². The van der Waals surface area contributed by atoms with Gasteiger partial charge in [-0.1, -0.05) is 6.92 Å². The van der Waals surface area contributed by atoms with E-state index in [1.165, 1.54) is 0 Å². The van der Waals surface area contributed by atoms with E-state index in [1.807, 2.05) is 12.1 Å². The van der Waals surface area contributed by atoms with E-state index in [0.29, 0.717) is 25.3 Å². The molecule has 1 aliphatic heterocycles. The van der Waals surface area contributed by atoms with Gasteiger partial charge in [-0.15, -0.1) is 0 Å². The quantitative estimate of drug-likeness (QED) is 0.736. The molecule has 0 fully saturated rings. The van der Waals surface area contributed by atoms with Gasteiger partial charge in [0.1, 0.15) is 5.75 Å². The van der Waals surface area contributed by atoms with Crippen LogP contribution in [0.2, 0.25) is 0 Å². The topological polar surface area (TPSA) is 39.7 Å². The van der Waals surface area contributed by atoms with E-state index >= 15 is 0 Å². The number of ether oxygens (including phenoxy) is 3. The fraction of sp³-hybridized carbons (Fsp3) is 0.571. The highest BCUT2D eigenvalue weighted by atomic mass is 19.1. The first kappa shape index (κ1) is 13.9. The predicted octanol–water partition coefficient (Wildman–Crippen LogP) is 2.65. The average Bonchev–Trinajstić information content (AvgIpc) is 2.86. The van der Waals surface area contributed by atoms with Crippen LogP contribution in [0, 0.1) is 0 Å². The second-order valence-electron chi connectivity index (χ2n) is 4.38. The molecule has 0 aliphatic carbocycles. The molecule has 1 N–H and O–H groups in total. The maximum atomic E-state index is 12.1. The van der Waals surface area contributed by atoms with Gasteiger partial charge >= 0.3 is 0 Å². The number of hydrogen-bond donors (Lipinski definition) is 1. The van der Waals surface area contributed by atoms with Crippen LogP contribution in [-0.4, -0.2) is 26.6 Å². The van der Waals surface area contributed by atoms with Crippen LogP contribution in [0.25, 0.3) is 0 Å². The van der Waals surface area contributed by atoms with Gasteiger partial charge in [0, 0.05) is 24.6 Å². The van der Waals surface area contributed by atoms with E-state index in [4.69, 9.17) is 14.2 Å². The Morgan fingerprint density at radius 1 is 1.32 bits per heavy atom. The minimum Gasteiger partial charge on any atom is -0.493 e. The number of fused-ring (bicyclic) bond motifs is 1. The molecule has 0 bridgehead atoms. The van der Waals surface area contributed by atoms with E-state index in [9.17, 15) is 4.39 Å². The third-order valence-corrected chi connectivity index (χ3v) is 2.83. The van der Waals surface area contributed by atoms with Crippen LogP contribution < -0.4 is 19.5 Å². The molecule has 1 aliphatic rings. The number of rotatable bonds is 8. The SMILES string of the molecule is CCCNCc1cc2c(cc1OCCCF)OCO2. The van der Waals surface area contributed by atoms with Gasteiger partial charge in [-0.05, 0) is 19.0 Å². The fourth-order valence-electron chi connectivity index (χ4n) is 1.87. The number of nitrogens with one attached hydrogen (secondary N) is 1. The molecule has 0 radical (unpaired) electrons. The van der Waals surface area contributed by atoms with Crippen LogP contribution in [0.1, 0.15) is 25.3 Å². The zero-order valence-corrected chi connectivity index (χ0v) is 11.2. The fourth-order valence-corrected chi connectivity index (χ4v) is 1.87. The molecular weight excluding hydrogens is 249 g/mol. The Morgan fingerprint density at radius 2 is 2.11 bits per heavy atom. The van der Waals surface area contributed by atoms with Gasteiger partial charge in [0.15, 0.2) is 11.5 Å². The lowest BCUT2D eigenvalue weighted by Crippen LogP contribution is -2.15. The third kappa shape index (κ3) is 3.73. The smallest absolute Gasteiger partial charge is 0.231 e. The van der Waals surface area contributed by atoms with Crippen molar-refractivity contribution in [2.24, 2.45) is 0 Å². The summed E-state index contributed by atoms with van der Waals surface area (Å²) in [5, 5.41) is 3.32. The van der Waals surface area contributed by atoms with E-state index in [0.717, 1.165) is 30.0 Å². The molecule has 5 heteroatoms. The zero-order chi connectivity index (χ0) is 13.5. The van der Waals surface area contributed by atoms with Crippen LogP contribution in [0.4, 0.5) is 4.39 Å². The van der Waals surface area contributed by atoms with Crippen molar-refractivity contribution >= 4 is 0 Å². The monoisotopic (exact) mass is 269 g/mol. The average molecular weight is 269 g/mol. The first-order chi connectivity index (χ1) is 9.35. The van der Waals surface area contributed by atoms with Crippen molar-refractivity contribution in [1.29, 1.82) is 0 Å². The van der Waals surface area contributed by atoms with E-state index in [-0.39, 0.29) is 13.5 Å². The molecular formula is C14H20FNO3. The van der Waals surface area contributed by atoms with Gasteiger partial charge in [0.05, 0.1) is 13.3 Å². The molecule has 0 spiro atoms. The van der Waals surface area contributed by atoms with Crippen LogP contribution in [-0.2, 0) is 6.54 Å². The summed E-state index contributed by atoms with van der Waals surface area (Å²) in [6.45, 7) is 4.01. The molecule has 4 nitrogen and oxygen atoms in total. The first-order valence-corrected chi connectivity index (χ1v) is 6.67. The Kier molecular flexibility index (Phi) is 5.27. The summed E-state index contributed by atoms with van der Waals surface area (Å²) in [5.74, 6) is 2.17. The highest BCUT2D eigenvalue weighted by Gasteiger charge is 2.17. The number of benzene rings is 1. The summed E-state index contributed by atoms with van der Waals surface area (Å²) in [7, 11) is 0. The summed E-state index contributed by atoms with van der Waals surface area (Å²) >= 11 is 0. The van der Waals surface area contributed by atoms with Gasteiger partial charge in [-0.25, -0.2) is 0 Å². The van der Waals surface area contributed by atoms with Gasteiger partial charge in [-0.3, -0.25) is 4.39 Å². The van der Waals surface area contributed by atoms with Crippen molar-refractivity contribution in [3.8, 4) is 17.2 Å². The maximum absolute atomic E-state index is 12.1. The van der Waals surface area contributed by atoms with Gasteiger partial charge in [0.25, 0.3) is 0 Å². The van der Waals surface area contributed by atoms with Crippen molar-refractivity contribution in [2.75, 3.05) is 26.6 Å². The second kappa shape index (κ2) is 7.19. The lowest BCUT2D eigenvalue weighted by molar-refractivity contribution is 0.173. The van der Waals surface area contributed by atoms with Crippen molar-refractivity contribution < 1.29 is 18.6 Å². The Hall–Kier alpha value is -1.49. The van der Waals surface area contributed by atoms with E-state index in [1.54, 1.807) is 0 Å². The van der Waals surface area contributed by atoms with Crippen molar-refractivity contribution in [1.82, 2.24) is 5.32 Å². The van der Waals surface area contributed by atoms with Gasteiger partial charge in [0.2, 0.25) is 6.79 Å². The summed E-state index contributed by atoms with van der Waals surface area (Å²) in [6, 6.07) is 3.75. The Morgan fingerprint density at radius 3 is 2.84 bits per heavy atom.